The van der Waals surface area contributed by atoms with Crippen molar-refractivity contribution in [3.8, 4) is 0 Å². The molecule has 1 aromatic heterocycles. The lowest BCUT2D eigenvalue weighted by Gasteiger charge is -2.24. The maximum Gasteiger partial charge on any atom is 0.327 e. The first-order valence-corrected chi connectivity index (χ1v) is 6.68. The molecule has 17 heavy (non-hydrogen) atoms. The van der Waals surface area contributed by atoms with Gasteiger partial charge in [-0.3, -0.25) is 9.88 Å². The van der Waals surface area contributed by atoms with Crippen LogP contribution < -0.4 is 11.0 Å². The zero-order valence-electron chi connectivity index (χ0n) is 9.37. The molecule has 1 fully saturated rings. The van der Waals surface area contributed by atoms with Crippen LogP contribution in [0.5, 0.6) is 0 Å². The maximum atomic E-state index is 12.0. The number of hydrogen-bond acceptors (Lipinski definition) is 2. The fourth-order valence-corrected chi connectivity index (χ4v) is 2.83. The lowest BCUT2D eigenvalue weighted by atomic mass is 10.1. The van der Waals surface area contributed by atoms with E-state index in [1.54, 1.807) is 0 Å². The minimum absolute atomic E-state index is 0.0301. The fraction of sp³-hybridized carbons (Fsp3) is 0.417. The van der Waals surface area contributed by atoms with Gasteiger partial charge in [-0.05, 0) is 44.0 Å². The maximum absolute atomic E-state index is 12.0. The van der Waals surface area contributed by atoms with Crippen LogP contribution in [0.25, 0.3) is 11.0 Å². The number of aromatic amines is 1. The first-order valence-electron chi connectivity index (χ1n) is 5.89. The number of piperidine rings is 1. The molecule has 1 aliphatic heterocycles. The third-order valence-electron chi connectivity index (χ3n) is 3.27. The Morgan fingerprint density at radius 3 is 3.00 bits per heavy atom. The van der Waals surface area contributed by atoms with Crippen LogP contribution in [0.1, 0.15) is 25.4 Å². The molecule has 3 rings (SSSR count). The van der Waals surface area contributed by atoms with E-state index < -0.39 is 0 Å². The second-order valence-corrected chi connectivity index (χ2v) is 5.34. The number of hydrogen-bond donors (Lipinski definition) is 2. The van der Waals surface area contributed by atoms with Crippen LogP contribution in [0, 0.1) is 0 Å². The lowest BCUT2D eigenvalue weighted by Crippen LogP contribution is -2.36. The predicted octanol–water partition coefficient (Wildman–Crippen LogP) is 2.36. The molecule has 2 heterocycles. The molecule has 4 nitrogen and oxygen atoms in total. The van der Waals surface area contributed by atoms with Crippen molar-refractivity contribution in [2.75, 3.05) is 6.54 Å². The molecule has 0 amide bonds. The molecule has 90 valence electrons. The Kier molecular flexibility index (Phi) is 2.80. The number of fused-ring (bicyclic) bond motifs is 1. The Labute approximate surface area is 107 Å². The summed E-state index contributed by atoms with van der Waals surface area (Å²) in [4.78, 5) is 14.9. The van der Waals surface area contributed by atoms with Gasteiger partial charge in [-0.2, -0.15) is 0 Å². The SMILES string of the molecule is O=c1[nH]c2cc(Br)ccc2n1C1CCCCN1. The van der Waals surface area contributed by atoms with Crippen molar-refractivity contribution in [2.24, 2.45) is 0 Å². The summed E-state index contributed by atoms with van der Waals surface area (Å²) in [5, 5.41) is 3.40. The number of nitrogens with zero attached hydrogens (tertiary/aromatic N) is 1. The molecule has 1 unspecified atom stereocenters. The van der Waals surface area contributed by atoms with Crippen LogP contribution in [0.15, 0.2) is 27.5 Å². The van der Waals surface area contributed by atoms with Crippen molar-refractivity contribution in [3.63, 3.8) is 0 Å². The van der Waals surface area contributed by atoms with Crippen molar-refractivity contribution >= 4 is 27.0 Å². The Balaban J connectivity index is 2.14. The predicted molar refractivity (Wildman–Crippen MR) is 71.1 cm³/mol. The van der Waals surface area contributed by atoms with Gasteiger partial charge in [0.15, 0.2) is 0 Å². The summed E-state index contributed by atoms with van der Waals surface area (Å²) in [5.74, 6) is 0. The van der Waals surface area contributed by atoms with E-state index in [1.807, 2.05) is 22.8 Å². The second-order valence-electron chi connectivity index (χ2n) is 4.43. The Morgan fingerprint density at radius 1 is 1.35 bits per heavy atom. The van der Waals surface area contributed by atoms with Crippen molar-refractivity contribution < 1.29 is 0 Å². The van der Waals surface area contributed by atoms with Gasteiger partial charge in [-0.15, -0.1) is 0 Å². The quantitative estimate of drug-likeness (QED) is 0.849. The minimum Gasteiger partial charge on any atom is -0.305 e. The van der Waals surface area contributed by atoms with Crippen molar-refractivity contribution in [2.45, 2.75) is 25.4 Å². The topological polar surface area (TPSA) is 49.8 Å². The lowest BCUT2D eigenvalue weighted by molar-refractivity contribution is 0.321. The smallest absolute Gasteiger partial charge is 0.305 e. The number of H-pyrrole nitrogens is 1. The van der Waals surface area contributed by atoms with Crippen molar-refractivity contribution in [3.05, 3.63) is 33.2 Å². The van der Waals surface area contributed by atoms with E-state index in [2.05, 4.69) is 26.2 Å². The normalized spacial score (nSPS) is 20.9. The molecule has 1 aromatic carbocycles. The Morgan fingerprint density at radius 2 is 2.24 bits per heavy atom. The number of nitrogens with one attached hydrogen (secondary N) is 2. The van der Waals surface area contributed by atoms with Crippen LogP contribution in [-0.4, -0.2) is 16.1 Å². The van der Waals surface area contributed by atoms with Crippen molar-refractivity contribution in [1.29, 1.82) is 0 Å². The third kappa shape index (κ3) is 1.93. The number of benzene rings is 1. The molecule has 5 heteroatoms. The first-order chi connectivity index (χ1) is 8.25. The highest BCUT2D eigenvalue weighted by Gasteiger charge is 2.18. The highest BCUT2D eigenvalue weighted by atomic mass is 79.9. The molecular weight excluding hydrogens is 282 g/mol. The van der Waals surface area contributed by atoms with Gasteiger partial charge in [0.2, 0.25) is 0 Å². The van der Waals surface area contributed by atoms with Crippen LogP contribution in [-0.2, 0) is 0 Å². The molecule has 2 N–H and O–H groups in total. The molecule has 0 radical (unpaired) electrons. The van der Waals surface area contributed by atoms with Crippen LogP contribution in [0.3, 0.4) is 0 Å². The summed E-state index contributed by atoms with van der Waals surface area (Å²) in [7, 11) is 0. The molecular formula is C12H14BrN3O. The first kappa shape index (κ1) is 11.0. The summed E-state index contributed by atoms with van der Waals surface area (Å²) >= 11 is 3.42. The average Bonchev–Trinajstić information content (AvgIpc) is 2.65. The van der Waals surface area contributed by atoms with Gasteiger partial charge in [0, 0.05) is 4.47 Å². The van der Waals surface area contributed by atoms with E-state index in [-0.39, 0.29) is 11.9 Å². The molecule has 1 atom stereocenters. The third-order valence-corrected chi connectivity index (χ3v) is 3.77. The van der Waals surface area contributed by atoms with Gasteiger partial charge in [-0.25, -0.2) is 4.79 Å². The van der Waals surface area contributed by atoms with E-state index in [4.69, 9.17) is 0 Å². The minimum atomic E-state index is -0.0301. The number of imidazole rings is 1. The summed E-state index contributed by atoms with van der Waals surface area (Å²) in [6.07, 6.45) is 3.52. The standard InChI is InChI=1S/C12H14BrN3O/c13-8-4-5-10-9(7-8)15-12(17)16(10)11-3-1-2-6-14-11/h4-5,7,11,14H,1-3,6H2,(H,15,17). The molecule has 0 saturated carbocycles. The van der Waals surface area contributed by atoms with Gasteiger partial charge < -0.3 is 4.98 Å². The molecule has 0 spiro atoms. The van der Waals surface area contributed by atoms with Gasteiger partial charge >= 0.3 is 5.69 Å². The van der Waals surface area contributed by atoms with Crippen LogP contribution >= 0.6 is 15.9 Å². The number of halogens is 1. The average molecular weight is 296 g/mol. The van der Waals surface area contributed by atoms with Crippen molar-refractivity contribution in [1.82, 2.24) is 14.9 Å². The van der Waals surface area contributed by atoms with Gasteiger partial charge in [0.1, 0.15) is 0 Å². The molecule has 1 aliphatic rings. The summed E-state index contributed by atoms with van der Waals surface area (Å²) < 4.78 is 2.82. The van der Waals surface area contributed by atoms with Crippen LogP contribution in [0.2, 0.25) is 0 Å². The summed E-state index contributed by atoms with van der Waals surface area (Å²) in [5.41, 5.74) is 1.83. The van der Waals surface area contributed by atoms with Gasteiger partial charge in [0.05, 0.1) is 17.2 Å². The van der Waals surface area contributed by atoms with E-state index in [0.717, 1.165) is 28.5 Å². The number of rotatable bonds is 1. The number of aromatic nitrogens is 2. The molecule has 1 saturated heterocycles. The largest absolute Gasteiger partial charge is 0.327 e. The summed E-state index contributed by atoms with van der Waals surface area (Å²) in [6.45, 7) is 0.986. The zero-order valence-corrected chi connectivity index (χ0v) is 11.0. The zero-order chi connectivity index (χ0) is 11.8. The van der Waals surface area contributed by atoms with E-state index in [9.17, 15) is 4.79 Å². The Bertz CT molecular complexity index is 595. The molecule has 2 aromatic rings. The van der Waals surface area contributed by atoms with Gasteiger partial charge in [-0.1, -0.05) is 15.9 Å². The molecule has 0 bridgehead atoms. The summed E-state index contributed by atoms with van der Waals surface area (Å²) in [6, 6.07) is 5.89. The van der Waals surface area contributed by atoms with Gasteiger partial charge in [0.25, 0.3) is 0 Å². The molecule has 0 aliphatic carbocycles. The van der Waals surface area contributed by atoms with E-state index in [1.165, 1.54) is 12.8 Å². The highest BCUT2D eigenvalue weighted by molar-refractivity contribution is 9.10. The highest BCUT2D eigenvalue weighted by Crippen LogP contribution is 2.22. The second kappa shape index (κ2) is 4.31. The van der Waals surface area contributed by atoms with E-state index >= 15 is 0 Å². The fourth-order valence-electron chi connectivity index (χ4n) is 2.47. The van der Waals surface area contributed by atoms with E-state index in [0.29, 0.717) is 0 Å². The Hall–Kier alpha value is -1.07. The monoisotopic (exact) mass is 295 g/mol. The van der Waals surface area contributed by atoms with Crippen LogP contribution in [0.4, 0.5) is 0 Å².